The molecule has 3 rings (SSSR count). The van der Waals surface area contributed by atoms with Gasteiger partial charge in [0.2, 0.25) is 0 Å². The van der Waals surface area contributed by atoms with Crippen molar-refractivity contribution < 1.29 is 5.11 Å². The van der Waals surface area contributed by atoms with Gasteiger partial charge in [-0.1, -0.05) is 11.6 Å². The van der Waals surface area contributed by atoms with Gasteiger partial charge in [0.1, 0.15) is 0 Å². The third-order valence-electron chi connectivity index (χ3n) is 3.22. The second-order valence-corrected chi connectivity index (χ2v) is 4.76. The topological polar surface area (TPSA) is 61.3 Å². The summed E-state index contributed by atoms with van der Waals surface area (Å²) in [5.74, 6) is 0.157. The number of aryl methyl sites for hydroxylation is 1. The Kier molecular flexibility index (Phi) is 3.21. The van der Waals surface area contributed by atoms with Crippen molar-refractivity contribution in [2.75, 3.05) is 0 Å². The number of rotatable bonds is 3. The Hall–Kier alpha value is -2.62. The summed E-state index contributed by atoms with van der Waals surface area (Å²) in [7, 11) is 0. The highest BCUT2D eigenvalue weighted by atomic mass is 16.3. The van der Waals surface area contributed by atoms with Crippen molar-refractivity contribution in [3.8, 4) is 5.88 Å². The Morgan fingerprint density at radius 1 is 1.25 bits per heavy atom. The largest absolute Gasteiger partial charge is 0.494 e. The monoisotopic (exact) mass is 265 g/mol. The van der Waals surface area contributed by atoms with Crippen LogP contribution in [0.3, 0.4) is 0 Å². The van der Waals surface area contributed by atoms with E-state index in [1.54, 1.807) is 18.6 Å². The number of pyridine rings is 1. The first-order valence-corrected chi connectivity index (χ1v) is 6.44. The quantitative estimate of drug-likeness (QED) is 0.714. The van der Waals surface area contributed by atoms with Gasteiger partial charge in [-0.2, -0.15) is 0 Å². The van der Waals surface area contributed by atoms with E-state index in [9.17, 15) is 5.11 Å². The van der Waals surface area contributed by atoms with Crippen LogP contribution in [0.15, 0.2) is 47.7 Å². The van der Waals surface area contributed by atoms with Crippen LogP contribution in [0.1, 0.15) is 16.7 Å². The lowest BCUT2D eigenvalue weighted by atomic mass is 10.1. The normalized spacial score (nSPS) is 11.4. The molecule has 0 atom stereocenters. The van der Waals surface area contributed by atoms with Gasteiger partial charge in [-0.05, 0) is 36.8 Å². The second-order valence-electron chi connectivity index (χ2n) is 4.76. The summed E-state index contributed by atoms with van der Waals surface area (Å²) in [6.07, 6.45) is 5.21. The zero-order valence-electron chi connectivity index (χ0n) is 11.2. The van der Waals surface area contributed by atoms with E-state index in [2.05, 4.69) is 15.0 Å². The molecule has 0 aliphatic heterocycles. The molecule has 0 unspecified atom stereocenters. The standard InChI is InChI=1S/C16H15N3O/c1-11-2-3-15-13(8-11)14(16(20)19-15)10-18-9-12-4-6-17-7-5-12/h2-8,10,19-20H,9H2,1H3. The predicted molar refractivity (Wildman–Crippen MR) is 80.2 cm³/mol. The van der Waals surface area contributed by atoms with Gasteiger partial charge in [0.05, 0.1) is 12.1 Å². The van der Waals surface area contributed by atoms with E-state index in [4.69, 9.17) is 0 Å². The molecule has 0 aliphatic carbocycles. The van der Waals surface area contributed by atoms with E-state index >= 15 is 0 Å². The minimum absolute atomic E-state index is 0.157. The molecule has 0 saturated heterocycles. The van der Waals surface area contributed by atoms with Gasteiger partial charge < -0.3 is 10.1 Å². The van der Waals surface area contributed by atoms with Gasteiger partial charge in [0, 0.05) is 29.5 Å². The maximum Gasteiger partial charge on any atom is 0.198 e. The van der Waals surface area contributed by atoms with Crippen LogP contribution in [-0.2, 0) is 6.54 Å². The number of hydrogen-bond acceptors (Lipinski definition) is 3. The van der Waals surface area contributed by atoms with Crippen molar-refractivity contribution in [3.05, 3.63) is 59.4 Å². The molecule has 0 bridgehead atoms. The number of nitrogens with one attached hydrogen (secondary N) is 1. The fraction of sp³-hybridized carbons (Fsp3) is 0.125. The summed E-state index contributed by atoms with van der Waals surface area (Å²) < 4.78 is 0. The maximum atomic E-state index is 9.97. The third-order valence-corrected chi connectivity index (χ3v) is 3.22. The van der Waals surface area contributed by atoms with Crippen LogP contribution in [0.5, 0.6) is 5.88 Å². The van der Waals surface area contributed by atoms with Crippen LogP contribution in [0, 0.1) is 6.92 Å². The summed E-state index contributed by atoms with van der Waals surface area (Å²) in [4.78, 5) is 11.3. The van der Waals surface area contributed by atoms with Crippen LogP contribution in [0.4, 0.5) is 0 Å². The van der Waals surface area contributed by atoms with Gasteiger partial charge in [0.25, 0.3) is 0 Å². The molecule has 4 heteroatoms. The first-order chi connectivity index (χ1) is 9.74. The van der Waals surface area contributed by atoms with E-state index in [0.717, 1.165) is 27.6 Å². The fourth-order valence-electron chi connectivity index (χ4n) is 2.17. The van der Waals surface area contributed by atoms with Crippen molar-refractivity contribution in [1.29, 1.82) is 0 Å². The third kappa shape index (κ3) is 2.40. The number of aromatic hydroxyl groups is 1. The van der Waals surface area contributed by atoms with Gasteiger partial charge >= 0.3 is 0 Å². The van der Waals surface area contributed by atoms with Crippen LogP contribution >= 0.6 is 0 Å². The summed E-state index contributed by atoms with van der Waals surface area (Å²) in [6, 6.07) is 9.87. The number of aromatic amines is 1. The Labute approximate surface area is 116 Å². The summed E-state index contributed by atoms with van der Waals surface area (Å²) in [5, 5.41) is 11.0. The van der Waals surface area contributed by atoms with Crippen molar-refractivity contribution >= 4 is 17.1 Å². The lowest BCUT2D eigenvalue weighted by Crippen LogP contribution is -1.85. The number of H-pyrrole nitrogens is 1. The number of aromatic nitrogens is 2. The van der Waals surface area contributed by atoms with Gasteiger partial charge in [-0.25, -0.2) is 0 Å². The Morgan fingerprint density at radius 2 is 2.05 bits per heavy atom. The molecule has 0 amide bonds. The fourth-order valence-corrected chi connectivity index (χ4v) is 2.17. The van der Waals surface area contributed by atoms with E-state index in [1.165, 1.54) is 0 Å². The van der Waals surface area contributed by atoms with Gasteiger partial charge in [-0.15, -0.1) is 0 Å². The SMILES string of the molecule is Cc1ccc2[nH]c(O)c(C=NCc3ccncc3)c2c1. The molecule has 100 valence electrons. The number of hydrogen-bond donors (Lipinski definition) is 2. The zero-order chi connectivity index (χ0) is 13.9. The lowest BCUT2D eigenvalue weighted by Gasteiger charge is -1.96. The molecular formula is C16H15N3O. The van der Waals surface area contributed by atoms with E-state index in [-0.39, 0.29) is 5.88 Å². The molecule has 0 aliphatic rings. The smallest absolute Gasteiger partial charge is 0.198 e. The predicted octanol–water partition coefficient (Wildman–Crippen LogP) is 3.20. The van der Waals surface area contributed by atoms with Crippen molar-refractivity contribution in [3.63, 3.8) is 0 Å². The molecule has 2 heterocycles. The summed E-state index contributed by atoms with van der Waals surface area (Å²) in [6.45, 7) is 2.60. The molecule has 2 aromatic heterocycles. The van der Waals surface area contributed by atoms with Gasteiger partial charge in [0.15, 0.2) is 5.88 Å². The first kappa shape index (κ1) is 12.4. The zero-order valence-corrected chi connectivity index (χ0v) is 11.2. The van der Waals surface area contributed by atoms with Crippen LogP contribution < -0.4 is 0 Å². The van der Waals surface area contributed by atoms with Crippen molar-refractivity contribution in [2.45, 2.75) is 13.5 Å². The molecule has 0 radical (unpaired) electrons. The molecule has 4 nitrogen and oxygen atoms in total. The number of benzene rings is 1. The van der Waals surface area contributed by atoms with E-state index in [0.29, 0.717) is 6.54 Å². The number of nitrogens with zero attached hydrogens (tertiary/aromatic N) is 2. The Balaban J connectivity index is 1.90. The minimum Gasteiger partial charge on any atom is -0.494 e. The summed E-state index contributed by atoms with van der Waals surface area (Å²) in [5.41, 5.74) is 3.89. The maximum absolute atomic E-state index is 9.97. The highest BCUT2D eigenvalue weighted by molar-refractivity contribution is 6.02. The second kappa shape index (κ2) is 5.17. The molecule has 0 saturated carbocycles. The van der Waals surface area contributed by atoms with E-state index in [1.807, 2.05) is 37.3 Å². The van der Waals surface area contributed by atoms with E-state index < -0.39 is 0 Å². The van der Waals surface area contributed by atoms with Crippen LogP contribution in [-0.4, -0.2) is 21.3 Å². The number of aliphatic imine (C=N–C) groups is 1. The molecule has 2 N–H and O–H groups in total. The minimum atomic E-state index is 0.157. The van der Waals surface area contributed by atoms with Crippen LogP contribution in [0.2, 0.25) is 0 Å². The highest BCUT2D eigenvalue weighted by Gasteiger charge is 2.08. The van der Waals surface area contributed by atoms with Crippen molar-refractivity contribution in [2.24, 2.45) is 4.99 Å². The van der Waals surface area contributed by atoms with Crippen molar-refractivity contribution in [1.82, 2.24) is 9.97 Å². The Morgan fingerprint density at radius 3 is 2.85 bits per heavy atom. The molecule has 1 aromatic carbocycles. The number of fused-ring (bicyclic) bond motifs is 1. The molecular weight excluding hydrogens is 250 g/mol. The molecule has 3 aromatic rings. The highest BCUT2D eigenvalue weighted by Crippen LogP contribution is 2.26. The average molecular weight is 265 g/mol. The first-order valence-electron chi connectivity index (χ1n) is 6.44. The lowest BCUT2D eigenvalue weighted by molar-refractivity contribution is 0.457. The van der Waals surface area contributed by atoms with Crippen LogP contribution in [0.25, 0.3) is 10.9 Å². The molecule has 0 fully saturated rings. The molecule has 0 spiro atoms. The summed E-state index contributed by atoms with van der Waals surface area (Å²) >= 11 is 0. The molecule has 20 heavy (non-hydrogen) atoms. The Bertz CT molecular complexity index is 760. The average Bonchev–Trinajstić information content (AvgIpc) is 2.76. The van der Waals surface area contributed by atoms with Gasteiger partial charge in [-0.3, -0.25) is 9.98 Å².